The SMILES string of the molecule is Fc1cccc(C2CC(Nc3c(F)cccc3F)C2)c1. The van der Waals surface area contributed by atoms with Crippen molar-refractivity contribution in [3.05, 3.63) is 65.5 Å². The minimum Gasteiger partial charge on any atom is -0.378 e. The molecule has 1 nitrogen and oxygen atoms in total. The number of anilines is 1. The normalized spacial score (nSPS) is 21.4. The molecule has 0 aliphatic heterocycles. The number of hydrogen-bond donors (Lipinski definition) is 1. The maximum atomic E-state index is 13.5. The summed E-state index contributed by atoms with van der Waals surface area (Å²) in [6.45, 7) is 0. The second kappa shape index (κ2) is 5.19. The Labute approximate surface area is 115 Å². The lowest BCUT2D eigenvalue weighted by Crippen LogP contribution is -2.34. The first-order valence-corrected chi connectivity index (χ1v) is 6.59. The van der Waals surface area contributed by atoms with Crippen molar-refractivity contribution in [2.45, 2.75) is 24.8 Å². The standard InChI is InChI=1S/C16H14F3N/c17-12-4-1-3-10(7-12)11-8-13(9-11)20-16-14(18)5-2-6-15(16)19/h1-7,11,13,20H,8-9H2. The van der Waals surface area contributed by atoms with Crippen LogP contribution in [0.25, 0.3) is 0 Å². The van der Waals surface area contributed by atoms with E-state index in [1.165, 1.54) is 30.3 Å². The van der Waals surface area contributed by atoms with Crippen LogP contribution in [0.4, 0.5) is 18.9 Å². The first kappa shape index (κ1) is 13.0. The highest BCUT2D eigenvalue weighted by atomic mass is 19.1. The maximum Gasteiger partial charge on any atom is 0.149 e. The average molecular weight is 277 g/mol. The number of nitrogens with one attached hydrogen (secondary N) is 1. The molecule has 104 valence electrons. The molecule has 0 atom stereocenters. The molecule has 4 heteroatoms. The third kappa shape index (κ3) is 2.50. The van der Waals surface area contributed by atoms with Crippen LogP contribution in [0.1, 0.15) is 24.3 Å². The number of halogens is 3. The third-order valence-corrected chi connectivity index (χ3v) is 3.77. The van der Waals surface area contributed by atoms with Crippen molar-refractivity contribution in [3.8, 4) is 0 Å². The fraction of sp³-hybridized carbons (Fsp3) is 0.250. The van der Waals surface area contributed by atoms with Crippen molar-refractivity contribution in [3.63, 3.8) is 0 Å². The van der Waals surface area contributed by atoms with Crippen molar-refractivity contribution in [2.75, 3.05) is 5.32 Å². The van der Waals surface area contributed by atoms with Crippen molar-refractivity contribution < 1.29 is 13.2 Å². The van der Waals surface area contributed by atoms with Crippen LogP contribution in [-0.2, 0) is 0 Å². The van der Waals surface area contributed by atoms with E-state index in [2.05, 4.69) is 5.32 Å². The van der Waals surface area contributed by atoms with Crippen LogP contribution in [0.5, 0.6) is 0 Å². The first-order chi connectivity index (χ1) is 9.63. The van der Waals surface area contributed by atoms with Crippen molar-refractivity contribution >= 4 is 5.69 Å². The topological polar surface area (TPSA) is 12.0 Å². The molecule has 0 bridgehead atoms. The van der Waals surface area contributed by atoms with Gasteiger partial charge in [-0.2, -0.15) is 0 Å². The lowest BCUT2D eigenvalue weighted by molar-refractivity contribution is 0.370. The average Bonchev–Trinajstić information content (AvgIpc) is 2.36. The number of para-hydroxylation sites is 1. The van der Waals surface area contributed by atoms with E-state index in [4.69, 9.17) is 0 Å². The van der Waals surface area contributed by atoms with E-state index in [1.807, 2.05) is 6.07 Å². The zero-order valence-electron chi connectivity index (χ0n) is 10.7. The summed E-state index contributed by atoms with van der Waals surface area (Å²) in [5.41, 5.74) is 0.868. The van der Waals surface area contributed by atoms with Gasteiger partial charge in [0.25, 0.3) is 0 Å². The highest BCUT2D eigenvalue weighted by molar-refractivity contribution is 5.47. The molecule has 1 saturated carbocycles. The summed E-state index contributed by atoms with van der Waals surface area (Å²) >= 11 is 0. The van der Waals surface area contributed by atoms with E-state index in [0.29, 0.717) is 0 Å². The Morgan fingerprint density at radius 2 is 1.55 bits per heavy atom. The van der Waals surface area contributed by atoms with Gasteiger partial charge >= 0.3 is 0 Å². The van der Waals surface area contributed by atoms with Crippen molar-refractivity contribution in [1.29, 1.82) is 0 Å². The summed E-state index contributed by atoms with van der Waals surface area (Å²) in [5.74, 6) is -1.17. The summed E-state index contributed by atoms with van der Waals surface area (Å²) in [6, 6.07) is 10.3. The van der Waals surface area contributed by atoms with E-state index in [1.54, 1.807) is 6.07 Å². The van der Waals surface area contributed by atoms with E-state index in [9.17, 15) is 13.2 Å². The molecular formula is C16H14F3N. The van der Waals surface area contributed by atoms with E-state index in [0.717, 1.165) is 18.4 Å². The lowest BCUT2D eigenvalue weighted by atomic mass is 9.76. The molecule has 0 radical (unpaired) electrons. The Morgan fingerprint density at radius 1 is 0.900 bits per heavy atom. The Hall–Kier alpha value is -1.97. The van der Waals surface area contributed by atoms with E-state index >= 15 is 0 Å². The first-order valence-electron chi connectivity index (χ1n) is 6.59. The second-order valence-electron chi connectivity index (χ2n) is 5.16. The van der Waals surface area contributed by atoms with Gasteiger partial charge in [-0.15, -0.1) is 0 Å². The van der Waals surface area contributed by atoms with Crippen LogP contribution in [0.3, 0.4) is 0 Å². The molecule has 1 aliphatic carbocycles. The fourth-order valence-electron chi connectivity index (χ4n) is 2.61. The van der Waals surface area contributed by atoms with E-state index in [-0.39, 0.29) is 23.5 Å². The molecule has 1 aliphatic rings. The summed E-state index contributed by atoms with van der Waals surface area (Å²) in [4.78, 5) is 0. The number of hydrogen-bond acceptors (Lipinski definition) is 1. The summed E-state index contributed by atoms with van der Waals surface area (Å²) in [6.07, 6.45) is 1.49. The molecule has 0 aromatic heterocycles. The van der Waals surface area contributed by atoms with Gasteiger partial charge < -0.3 is 5.32 Å². The molecule has 0 saturated heterocycles. The lowest BCUT2D eigenvalue weighted by Gasteiger charge is -2.37. The summed E-state index contributed by atoms with van der Waals surface area (Å²) < 4.78 is 40.1. The van der Waals surface area contributed by atoms with Gasteiger partial charge in [0.15, 0.2) is 0 Å². The minimum atomic E-state index is -0.584. The zero-order valence-corrected chi connectivity index (χ0v) is 10.7. The molecule has 0 spiro atoms. The largest absolute Gasteiger partial charge is 0.378 e. The Kier molecular flexibility index (Phi) is 3.38. The Balaban J connectivity index is 1.64. The van der Waals surface area contributed by atoms with Gasteiger partial charge in [-0.25, -0.2) is 13.2 Å². The molecule has 0 heterocycles. The van der Waals surface area contributed by atoms with Crippen molar-refractivity contribution in [2.24, 2.45) is 0 Å². The molecule has 2 aromatic carbocycles. The summed E-state index contributed by atoms with van der Waals surface area (Å²) in [7, 11) is 0. The maximum absolute atomic E-state index is 13.5. The smallest absolute Gasteiger partial charge is 0.149 e. The van der Waals surface area contributed by atoms with Crippen LogP contribution in [0, 0.1) is 17.5 Å². The predicted molar refractivity (Wildman–Crippen MR) is 72.1 cm³/mol. The van der Waals surface area contributed by atoms with Gasteiger partial charge in [0.2, 0.25) is 0 Å². The van der Waals surface area contributed by atoms with Gasteiger partial charge in [0.1, 0.15) is 23.1 Å². The number of rotatable bonds is 3. The van der Waals surface area contributed by atoms with Crippen LogP contribution in [0.2, 0.25) is 0 Å². The minimum absolute atomic E-state index is 0.0228. The fourth-order valence-corrected chi connectivity index (χ4v) is 2.61. The molecule has 2 aromatic rings. The Bertz CT molecular complexity index is 601. The van der Waals surface area contributed by atoms with Crippen LogP contribution in [0.15, 0.2) is 42.5 Å². The quantitative estimate of drug-likeness (QED) is 0.873. The van der Waals surface area contributed by atoms with Gasteiger partial charge in [-0.05, 0) is 48.6 Å². The molecule has 0 amide bonds. The second-order valence-corrected chi connectivity index (χ2v) is 5.16. The molecule has 1 fully saturated rings. The highest BCUT2D eigenvalue weighted by Gasteiger charge is 2.31. The van der Waals surface area contributed by atoms with Gasteiger partial charge in [0, 0.05) is 6.04 Å². The molecular weight excluding hydrogens is 263 g/mol. The van der Waals surface area contributed by atoms with Gasteiger partial charge in [-0.1, -0.05) is 18.2 Å². The number of benzene rings is 2. The molecule has 3 rings (SSSR count). The van der Waals surface area contributed by atoms with Crippen LogP contribution < -0.4 is 5.32 Å². The van der Waals surface area contributed by atoms with Crippen molar-refractivity contribution in [1.82, 2.24) is 0 Å². The van der Waals surface area contributed by atoms with Gasteiger partial charge in [0.05, 0.1) is 0 Å². The van der Waals surface area contributed by atoms with E-state index < -0.39 is 11.6 Å². The summed E-state index contributed by atoms with van der Waals surface area (Å²) in [5, 5.41) is 2.89. The Morgan fingerprint density at radius 3 is 2.20 bits per heavy atom. The van der Waals surface area contributed by atoms with Gasteiger partial charge in [-0.3, -0.25) is 0 Å². The predicted octanol–water partition coefficient (Wildman–Crippen LogP) is 4.46. The third-order valence-electron chi connectivity index (χ3n) is 3.77. The molecule has 0 unspecified atom stereocenters. The highest BCUT2D eigenvalue weighted by Crippen LogP contribution is 2.39. The van der Waals surface area contributed by atoms with Crippen LogP contribution in [-0.4, -0.2) is 6.04 Å². The molecule has 20 heavy (non-hydrogen) atoms. The van der Waals surface area contributed by atoms with Crippen LogP contribution >= 0.6 is 0 Å². The molecule has 1 N–H and O–H groups in total. The monoisotopic (exact) mass is 277 g/mol. The zero-order chi connectivity index (χ0) is 14.1.